The normalized spacial score (nSPS) is 26.3. The molecule has 1 aliphatic carbocycles. The van der Waals surface area contributed by atoms with Gasteiger partial charge in [-0.2, -0.15) is 0 Å². The predicted octanol–water partition coefficient (Wildman–Crippen LogP) is 1.70. The van der Waals surface area contributed by atoms with E-state index in [1.807, 2.05) is 30.2 Å². The SMILES string of the molecule is CC(C)n1cnc(C(=O)N2CC3C(C2)C3C(=O)NC(C)(C)C)c1. The molecule has 23 heavy (non-hydrogen) atoms. The molecule has 0 radical (unpaired) electrons. The number of aromatic nitrogens is 2. The van der Waals surface area contributed by atoms with Crippen LogP contribution in [0.5, 0.6) is 0 Å². The van der Waals surface area contributed by atoms with E-state index in [0.717, 1.165) is 0 Å². The van der Waals surface area contributed by atoms with Crippen molar-refractivity contribution in [3.05, 3.63) is 18.2 Å². The molecule has 2 atom stereocenters. The highest BCUT2D eigenvalue weighted by molar-refractivity contribution is 5.93. The summed E-state index contributed by atoms with van der Waals surface area (Å²) in [5.74, 6) is 0.809. The Balaban J connectivity index is 1.57. The molecule has 0 aromatic carbocycles. The summed E-state index contributed by atoms with van der Waals surface area (Å²) in [6, 6.07) is 0.293. The van der Waals surface area contributed by atoms with Crippen LogP contribution in [-0.2, 0) is 4.79 Å². The van der Waals surface area contributed by atoms with E-state index in [2.05, 4.69) is 24.1 Å². The number of carbonyl (C=O) groups is 2. The number of fused-ring (bicyclic) bond motifs is 1. The smallest absolute Gasteiger partial charge is 0.274 e. The van der Waals surface area contributed by atoms with Crippen molar-refractivity contribution in [3.8, 4) is 0 Å². The first-order chi connectivity index (χ1) is 10.7. The zero-order valence-corrected chi connectivity index (χ0v) is 14.5. The van der Waals surface area contributed by atoms with Crippen LogP contribution in [0, 0.1) is 17.8 Å². The number of imidazole rings is 1. The number of piperidine rings is 1. The fraction of sp³-hybridized carbons (Fsp3) is 0.706. The molecule has 1 aromatic heterocycles. The van der Waals surface area contributed by atoms with Crippen LogP contribution in [0.25, 0.3) is 0 Å². The largest absolute Gasteiger partial charge is 0.351 e. The van der Waals surface area contributed by atoms with Crippen LogP contribution >= 0.6 is 0 Å². The predicted molar refractivity (Wildman–Crippen MR) is 86.9 cm³/mol. The third-order valence-electron chi connectivity index (χ3n) is 4.70. The van der Waals surface area contributed by atoms with Crippen LogP contribution < -0.4 is 5.32 Å². The van der Waals surface area contributed by atoms with Crippen LogP contribution in [-0.4, -0.2) is 44.9 Å². The van der Waals surface area contributed by atoms with Gasteiger partial charge >= 0.3 is 0 Å². The van der Waals surface area contributed by atoms with E-state index in [1.54, 1.807) is 12.5 Å². The van der Waals surface area contributed by atoms with Crippen LogP contribution in [0.3, 0.4) is 0 Å². The van der Waals surface area contributed by atoms with Crippen molar-refractivity contribution in [3.63, 3.8) is 0 Å². The molecular weight excluding hydrogens is 292 g/mol. The van der Waals surface area contributed by atoms with Crippen molar-refractivity contribution in [2.45, 2.75) is 46.2 Å². The van der Waals surface area contributed by atoms with Crippen molar-refractivity contribution in [1.82, 2.24) is 19.8 Å². The number of hydrogen-bond acceptors (Lipinski definition) is 3. The molecule has 2 aliphatic rings. The summed E-state index contributed by atoms with van der Waals surface area (Å²) >= 11 is 0. The van der Waals surface area contributed by atoms with Crippen LogP contribution in [0.4, 0.5) is 0 Å². The molecule has 2 heterocycles. The van der Waals surface area contributed by atoms with Gasteiger partial charge in [-0.05, 0) is 46.5 Å². The Labute approximate surface area is 137 Å². The van der Waals surface area contributed by atoms with Gasteiger partial charge in [0.05, 0.1) is 6.33 Å². The minimum Gasteiger partial charge on any atom is -0.351 e. The van der Waals surface area contributed by atoms with Gasteiger partial charge in [0.15, 0.2) is 0 Å². The van der Waals surface area contributed by atoms with Gasteiger partial charge in [0.1, 0.15) is 5.69 Å². The second-order valence-electron chi connectivity index (χ2n) is 8.10. The molecule has 1 saturated heterocycles. The van der Waals surface area contributed by atoms with E-state index in [0.29, 0.717) is 36.7 Å². The van der Waals surface area contributed by atoms with Gasteiger partial charge in [-0.15, -0.1) is 0 Å². The monoisotopic (exact) mass is 318 g/mol. The minimum atomic E-state index is -0.201. The first-order valence-electron chi connectivity index (χ1n) is 8.32. The fourth-order valence-electron chi connectivity index (χ4n) is 3.43. The molecule has 0 spiro atoms. The lowest BCUT2D eigenvalue weighted by Gasteiger charge is -2.23. The van der Waals surface area contributed by atoms with Gasteiger partial charge in [0.2, 0.25) is 5.91 Å². The maximum absolute atomic E-state index is 12.5. The Morgan fingerprint density at radius 2 is 1.87 bits per heavy atom. The number of nitrogens with one attached hydrogen (secondary N) is 1. The molecule has 1 N–H and O–H groups in total. The Morgan fingerprint density at radius 3 is 2.35 bits per heavy atom. The highest BCUT2D eigenvalue weighted by atomic mass is 16.2. The minimum absolute atomic E-state index is 0.0217. The number of amides is 2. The van der Waals surface area contributed by atoms with Gasteiger partial charge in [-0.3, -0.25) is 9.59 Å². The number of nitrogens with zero attached hydrogens (tertiary/aromatic N) is 3. The molecule has 3 rings (SSSR count). The van der Waals surface area contributed by atoms with Crippen LogP contribution in [0.15, 0.2) is 12.5 Å². The summed E-state index contributed by atoms with van der Waals surface area (Å²) in [6.07, 6.45) is 3.51. The third kappa shape index (κ3) is 3.12. The summed E-state index contributed by atoms with van der Waals surface area (Å²) < 4.78 is 1.93. The highest BCUT2D eigenvalue weighted by Gasteiger charge is 2.60. The molecule has 6 nitrogen and oxygen atoms in total. The molecule has 0 bridgehead atoms. The zero-order valence-electron chi connectivity index (χ0n) is 14.5. The van der Waals surface area contributed by atoms with Gasteiger partial charge in [0.25, 0.3) is 5.91 Å². The second-order valence-corrected chi connectivity index (χ2v) is 8.10. The van der Waals surface area contributed by atoms with Crippen molar-refractivity contribution in [2.24, 2.45) is 17.8 Å². The van der Waals surface area contributed by atoms with Crippen molar-refractivity contribution in [2.75, 3.05) is 13.1 Å². The van der Waals surface area contributed by atoms with E-state index >= 15 is 0 Å². The van der Waals surface area contributed by atoms with E-state index in [4.69, 9.17) is 0 Å². The Hall–Kier alpha value is -1.85. The summed E-state index contributed by atoms with van der Waals surface area (Å²) in [5.41, 5.74) is 0.295. The second kappa shape index (κ2) is 5.35. The van der Waals surface area contributed by atoms with Gasteiger partial charge in [-0.1, -0.05) is 0 Å². The lowest BCUT2D eigenvalue weighted by atomic mass is 10.1. The Kier molecular flexibility index (Phi) is 3.73. The standard InChI is InChI=1S/C17H26N4O2/c1-10(2)21-8-13(18-9-21)16(23)20-6-11-12(7-20)14(11)15(22)19-17(3,4)5/h8-12,14H,6-7H2,1-5H3,(H,19,22). The van der Waals surface area contributed by atoms with Crippen LogP contribution in [0.2, 0.25) is 0 Å². The molecular formula is C17H26N4O2. The average molecular weight is 318 g/mol. The Bertz CT molecular complexity index is 617. The number of likely N-dealkylation sites (tertiary alicyclic amines) is 1. The van der Waals surface area contributed by atoms with E-state index in [1.165, 1.54) is 0 Å². The van der Waals surface area contributed by atoms with E-state index < -0.39 is 0 Å². The number of rotatable bonds is 3. The molecule has 2 fully saturated rings. The molecule has 1 aliphatic heterocycles. The van der Waals surface area contributed by atoms with Gasteiger partial charge in [0, 0.05) is 36.8 Å². The lowest BCUT2D eigenvalue weighted by Crippen LogP contribution is -2.43. The third-order valence-corrected chi connectivity index (χ3v) is 4.70. The maximum atomic E-state index is 12.5. The average Bonchev–Trinajstić information content (AvgIpc) is 2.83. The molecule has 6 heteroatoms. The summed E-state index contributed by atoms with van der Waals surface area (Å²) in [5, 5.41) is 3.04. The lowest BCUT2D eigenvalue weighted by molar-refractivity contribution is -0.124. The van der Waals surface area contributed by atoms with Crippen molar-refractivity contribution >= 4 is 11.8 Å². The first kappa shape index (κ1) is 16.0. The summed E-state index contributed by atoms with van der Waals surface area (Å²) in [6.45, 7) is 11.4. The molecule has 126 valence electrons. The van der Waals surface area contributed by atoms with Crippen molar-refractivity contribution < 1.29 is 9.59 Å². The summed E-state index contributed by atoms with van der Waals surface area (Å²) in [4.78, 5) is 30.8. The molecule has 1 saturated carbocycles. The van der Waals surface area contributed by atoms with E-state index in [9.17, 15) is 9.59 Å². The Morgan fingerprint density at radius 1 is 1.26 bits per heavy atom. The zero-order chi connectivity index (χ0) is 16.9. The fourth-order valence-corrected chi connectivity index (χ4v) is 3.43. The number of hydrogen-bond donors (Lipinski definition) is 1. The highest BCUT2D eigenvalue weighted by Crippen LogP contribution is 2.52. The first-order valence-corrected chi connectivity index (χ1v) is 8.32. The molecule has 2 unspecified atom stereocenters. The van der Waals surface area contributed by atoms with Crippen LogP contribution in [0.1, 0.15) is 51.1 Å². The maximum Gasteiger partial charge on any atom is 0.274 e. The summed E-state index contributed by atoms with van der Waals surface area (Å²) in [7, 11) is 0. The van der Waals surface area contributed by atoms with Gasteiger partial charge < -0.3 is 14.8 Å². The quantitative estimate of drug-likeness (QED) is 0.922. The molecule has 1 aromatic rings. The molecule has 2 amide bonds. The van der Waals surface area contributed by atoms with Gasteiger partial charge in [-0.25, -0.2) is 4.98 Å². The van der Waals surface area contributed by atoms with Crippen molar-refractivity contribution in [1.29, 1.82) is 0 Å². The number of carbonyl (C=O) groups excluding carboxylic acids is 2. The van der Waals surface area contributed by atoms with E-state index in [-0.39, 0.29) is 23.3 Å². The topological polar surface area (TPSA) is 67.2 Å².